The molecular weight excluding hydrogens is 408 g/mol. The van der Waals surface area contributed by atoms with Crippen LogP contribution in [0.3, 0.4) is 0 Å². The second-order valence-corrected chi connectivity index (χ2v) is 8.87. The Kier molecular flexibility index (Phi) is 5.49. The topological polar surface area (TPSA) is 98.5 Å². The largest absolute Gasteiger partial charge is 0.378 e. The van der Waals surface area contributed by atoms with Crippen LogP contribution < -0.4 is 9.50 Å². The maximum atomic E-state index is 12.6. The predicted octanol–water partition coefficient (Wildman–Crippen LogP) is 3.71. The molecule has 2 aromatic rings. The summed E-state index contributed by atoms with van der Waals surface area (Å²) in [5.74, 6) is 0.0776. The highest BCUT2D eigenvalue weighted by Gasteiger charge is 2.28. The van der Waals surface area contributed by atoms with Crippen LogP contribution in [-0.4, -0.2) is 23.7 Å². The van der Waals surface area contributed by atoms with Crippen molar-refractivity contribution in [2.75, 3.05) is 0 Å². The molecule has 27 heavy (non-hydrogen) atoms. The van der Waals surface area contributed by atoms with Gasteiger partial charge in [-0.2, -0.15) is 8.42 Å². The number of benzene rings is 2. The first kappa shape index (κ1) is 19.3. The number of nitrogens with one attached hydrogen (secondary N) is 1. The van der Waals surface area contributed by atoms with E-state index in [9.17, 15) is 18.5 Å². The van der Waals surface area contributed by atoms with Gasteiger partial charge >= 0.3 is 10.1 Å². The van der Waals surface area contributed by atoms with Crippen LogP contribution in [-0.2, 0) is 10.1 Å². The van der Waals surface area contributed by atoms with E-state index in [1.54, 1.807) is 24.3 Å². The highest BCUT2D eigenvalue weighted by atomic mass is 32.2. The Labute approximate surface area is 165 Å². The molecule has 0 amide bonds. The molecule has 140 valence electrons. The molecule has 1 fully saturated rings. The highest BCUT2D eigenvalue weighted by molar-refractivity contribution is 8.26. The molecule has 10 heteroatoms. The average Bonchev–Trinajstić information content (AvgIpc) is 2.93. The summed E-state index contributed by atoms with van der Waals surface area (Å²) in [7, 11) is -4.39. The minimum atomic E-state index is -4.39. The van der Waals surface area contributed by atoms with E-state index >= 15 is 0 Å². The van der Waals surface area contributed by atoms with Gasteiger partial charge in [-0.3, -0.25) is 10.1 Å². The Hall–Kier alpha value is -2.43. The van der Waals surface area contributed by atoms with Gasteiger partial charge in [0.05, 0.1) is 11.0 Å². The molecule has 1 aliphatic heterocycles. The van der Waals surface area contributed by atoms with Crippen molar-refractivity contribution in [2.24, 2.45) is 0 Å². The van der Waals surface area contributed by atoms with Crippen molar-refractivity contribution in [3.8, 4) is 5.75 Å². The second kappa shape index (κ2) is 7.67. The molecule has 1 saturated heterocycles. The number of thioether (sulfide) groups is 1. The number of rotatable bonds is 5. The van der Waals surface area contributed by atoms with Crippen LogP contribution in [0.15, 0.2) is 58.3 Å². The van der Waals surface area contributed by atoms with Crippen molar-refractivity contribution in [1.82, 2.24) is 5.32 Å². The average molecular weight is 423 g/mol. The predicted molar refractivity (Wildman–Crippen MR) is 108 cm³/mol. The van der Waals surface area contributed by atoms with Gasteiger partial charge in [-0.05, 0) is 25.1 Å². The molecule has 1 N–H and O–H groups in total. The molecule has 0 aliphatic carbocycles. The fourth-order valence-electron chi connectivity index (χ4n) is 2.44. The molecule has 0 bridgehead atoms. The molecular formula is C17H14N2O5S3. The Bertz CT molecular complexity index is 1050. The molecule has 0 spiro atoms. The van der Waals surface area contributed by atoms with Crippen LogP contribution >= 0.6 is 24.0 Å². The van der Waals surface area contributed by atoms with Gasteiger partial charge in [-0.1, -0.05) is 54.3 Å². The summed E-state index contributed by atoms with van der Waals surface area (Å²) >= 11 is 6.52. The van der Waals surface area contributed by atoms with Crippen molar-refractivity contribution < 1.29 is 17.5 Å². The van der Waals surface area contributed by atoms with Crippen molar-refractivity contribution in [3.05, 3.63) is 69.1 Å². The Balaban J connectivity index is 1.99. The lowest BCUT2D eigenvalue weighted by atomic mass is 10.1. The van der Waals surface area contributed by atoms with Crippen molar-refractivity contribution in [3.63, 3.8) is 0 Å². The number of para-hydroxylation sites is 2. The van der Waals surface area contributed by atoms with Crippen molar-refractivity contribution in [1.29, 1.82) is 0 Å². The lowest BCUT2D eigenvalue weighted by molar-refractivity contribution is -0.387. The second-order valence-electron chi connectivity index (χ2n) is 5.60. The van der Waals surface area contributed by atoms with E-state index in [1.165, 1.54) is 30.0 Å². The Morgan fingerprint density at radius 3 is 2.56 bits per heavy atom. The van der Waals surface area contributed by atoms with E-state index in [2.05, 4.69) is 5.32 Å². The number of nitro benzene ring substituents is 1. The molecule has 3 rings (SSSR count). The van der Waals surface area contributed by atoms with Crippen LogP contribution in [0.2, 0.25) is 0 Å². The van der Waals surface area contributed by atoms with Gasteiger partial charge in [0.25, 0.3) is 5.69 Å². The van der Waals surface area contributed by atoms with Gasteiger partial charge in [0.2, 0.25) is 0 Å². The summed E-state index contributed by atoms with van der Waals surface area (Å²) in [6.45, 7) is 1.94. The van der Waals surface area contributed by atoms with Gasteiger partial charge in [0.15, 0.2) is 4.90 Å². The van der Waals surface area contributed by atoms with E-state index in [1.807, 2.05) is 6.92 Å². The standard InChI is InChI=1S/C17H14N2O5S3/c1-11-15(26-17(25)18-11)10-12-6-2-4-8-14(12)24-27(22,23)16-9-5-3-7-13(16)19(20)21/h2-11H,1H3,(H,18,25)/b15-10-. The normalized spacial score (nSPS) is 18.3. The number of hydrogen-bond acceptors (Lipinski definition) is 7. The third-order valence-corrected chi connectivity index (χ3v) is 6.38. The Morgan fingerprint density at radius 2 is 1.89 bits per heavy atom. The number of thiocarbonyl (C=S) groups is 1. The summed E-state index contributed by atoms with van der Waals surface area (Å²) in [6, 6.07) is 11.6. The van der Waals surface area contributed by atoms with Crippen LogP contribution in [0, 0.1) is 10.1 Å². The maximum absolute atomic E-state index is 12.6. The quantitative estimate of drug-likeness (QED) is 0.337. The SMILES string of the molecule is CC1NC(=S)S/C1=C\c1ccccc1OS(=O)(=O)c1ccccc1[N+](=O)[O-]. The zero-order chi connectivity index (χ0) is 19.6. The Morgan fingerprint density at radius 1 is 1.22 bits per heavy atom. The maximum Gasteiger partial charge on any atom is 0.346 e. The summed E-state index contributed by atoms with van der Waals surface area (Å²) < 4.78 is 31.2. The van der Waals surface area contributed by atoms with Crippen LogP contribution in [0.1, 0.15) is 12.5 Å². The lowest BCUT2D eigenvalue weighted by Gasteiger charge is -2.11. The fraction of sp³-hybridized carbons (Fsp3) is 0.118. The first-order valence-corrected chi connectivity index (χ1v) is 10.4. The molecule has 1 unspecified atom stereocenters. The fourth-order valence-corrected chi connectivity index (χ4v) is 4.90. The molecule has 0 saturated carbocycles. The summed E-state index contributed by atoms with van der Waals surface area (Å²) in [5, 5.41) is 14.2. The van der Waals surface area contributed by atoms with E-state index in [4.69, 9.17) is 16.4 Å². The van der Waals surface area contributed by atoms with Crippen LogP contribution in [0.5, 0.6) is 5.75 Å². The number of hydrogen-bond donors (Lipinski definition) is 1. The van der Waals surface area contributed by atoms with E-state index < -0.39 is 25.6 Å². The van der Waals surface area contributed by atoms with Gasteiger partial charge in [-0.15, -0.1) is 0 Å². The van der Waals surface area contributed by atoms with E-state index in [0.717, 1.165) is 17.0 Å². The van der Waals surface area contributed by atoms with Gasteiger partial charge in [0.1, 0.15) is 10.1 Å². The van der Waals surface area contributed by atoms with Gasteiger partial charge < -0.3 is 9.50 Å². The highest BCUT2D eigenvalue weighted by Crippen LogP contribution is 2.33. The molecule has 1 atom stereocenters. The van der Waals surface area contributed by atoms with Gasteiger partial charge in [0, 0.05) is 16.5 Å². The zero-order valence-corrected chi connectivity index (χ0v) is 16.4. The summed E-state index contributed by atoms with van der Waals surface area (Å²) in [5.41, 5.74) is -0.0108. The zero-order valence-electron chi connectivity index (χ0n) is 14.0. The molecule has 0 aromatic heterocycles. The summed E-state index contributed by atoms with van der Waals surface area (Å²) in [4.78, 5) is 10.8. The number of nitro groups is 1. The van der Waals surface area contributed by atoms with Crippen molar-refractivity contribution in [2.45, 2.75) is 17.9 Å². The molecule has 1 heterocycles. The molecule has 2 aromatic carbocycles. The third kappa shape index (κ3) is 4.29. The minimum absolute atomic E-state index is 0.00220. The minimum Gasteiger partial charge on any atom is -0.378 e. The summed E-state index contributed by atoms with van der Waals surface area (Å²) in [6.07, 6.45) is 1.78. The monoisotopic (exact) mass is 422 g/mol. The van der Waals surface area contributed by atoms with Gasteiger partial charge in [-0.25, -0.2) is 0 Å². The number of nitrogens with zero attached hydrogens (tertiary/aromatic N) is 1. The smallest absolute Gasteiger partial charge is 0.346 e. The lowest BCUT2D eigenvalue weighted by Crippen LogP contribution is -2.20. The molecule has 7 nitrogen and oxygen atoms in total. The van der Waals surface area contributed by atoms with Crippen molar-refractivity contribution >= 4 is 50.2 Å². The third-order valence-electron chi connectivity index (χ3n) is 3.72. The van der Waals surface area contributed by atoms with Crippen LogP contribution in [0.4, 0.5) is 5.69 Å². The first-order chi connectivity index (χ1) is 12.8. The first-order valence-electron chi connectivity index (χ1n) is 7.75. The van der Waals surface area contributed by atoms with E-state index in [-0.39, 0.29) is 11.8 Å². The molecule has 1 aliphatic rings. The van der Waals surface area contributed by atoms with Crippen LogP contribution in [0.25, 0.3) is 6.08 Å². The molecule has 0 radical (unpaired) electrons. The van der Waals surface area contributed by atoms with E-state index in [0.29, 0.717) is 9.88 Å².